The highest BCUT2D eigenvalue weighted by Gasteiger charge is 2.32. The molecule has 5 aromatic rings. The van der Waals surface area contributed by atoms with E-state index in [1.807, 2.05) is 42.9 Å². The highest BCUT2D eigenvalue weighted by Crippen LogP contribution is 2.39. The number of pyridine rings is 1. The third-order valence-electron chi connectivity index (χ3n) is 6.97. The quantitative estimate of drug-likeness (QED) is 0.214. The summed E-state index contributed by atoms with van der Waals surface area (Å²) in [6.07, 6.45) is 11.4. The fourth-order valence-electron chi connectivity index (χ4n) is 4.78. The second-order valence-electron chi connectivity index (χ2n) is 10.1. The van der Waals surface area contributed by atoms with Gasteiger partial charge in [-0.15, -0.1) is 5.10 Å². The second-order valence-corrected chi connectivity index (χ2v) is 10.5. The van der Waals surface area contributed by atoms with Crippen LogP contribution in [0.1, 0.15) is 50.9 Å². The second kappa shape index (κ2) is 10.1. The Balaban J connectivity index is 1.35. The molecule has 1 fully saturated rings. The van der Waals surface area contributed by atoms with Crippen molar-refractivity contribution >= 4 is 11.6 Å². The topological polar surface area (TPSA) is 123 Å². The SMILES string of the molecule is CC(C)n1ncc(-c2cnn(C(CC3CC3)c3ccc(-c4cc(Cl)ccc4-n4cnnn4)c[n+]3[O-])c2)cc1=O. The van der Waals surface area contributed by atoms with Gasteiger partial charge < -0.3 is 5.21 Å². The van der Waals surface area contributed by atoms with Gasteiger partial charge in [0.1, 0.15) is 12.4 Å². The van der Waals surface area contributed by atoms with Crippen molar-refractivity contribution in [2.45, 2.75) is 45.2 Å². The Morgan fingerprint density at radius 1 is 1.08 bits per heavy atom. The number of rotatable bonds is 8. The van der Waals surface area contributed by atoms with Gasteiger partial charge in [0.15, 0.2) is 6.20 Å². The molecule has 0 aliphatic heterocycles. The van der Waals surface area contributed by atoms with Gasteiger partial charge >= 0.3 is 0 Å². The summed E-state index contributed by atoms with van der Waals surface area (Å²) >= 11 is 6.30. The maximum atomic E-state index is 13.5. The molecule has 0 radical (unpaired) electrons. The minimum atomic E-state index is -0.264. The van der Waals surface area contributed by atoms with E-state index in [4.69, 9.17) is 11.6 Å². The van der Waals surface area contributed by atoms with E-state index in [9.17, 15) is 10.0 Å². The lowest BCUT2D eigenvalue weighted by molar-refractivity contribution is -0.615. The van der Waals surface area contributed by atoms with Crippen molar-refractivity contribution in [1.29, 1.82) is 0 Å². The lowest BCUT2D eigenvalue weighted by Crippen LogP contribution is -2.35. The highest BCUT2D eigenvalue weighted by atomic mass is 35.5. The van der Waals surface area contributed by atoms with E-state index in [1.165, 1.54) is 15.7 Å². The predicted molar refractivity (Wildman–Crippen MR) is 144 cm³/mol. The normalized spacial score (nSPS) is 14.2. The van der Waals surface area contributed by atoms with Crippen molar-refractivity contribution < 1.29 is 4.73 Å². The largest absolute Gasteiger partial charge is 0.618 e. The van der Waals surface area contributed by atoms with Gasteiger partial charge in [-0.05, 0) is 60.9 Å². The van der Waals surface area contributed by atoms with Crippen molar-refractivity contribution in [1.82, 2.24) is 39.8 Å². The van der Waals surface area contributed by atoms with Gasteiger partial charge in [0, 0.05) is 45.6 Å². The van der Waals surface area contributed by atoms with E-state index < -0.39 is 0 Å². The van der Waals surface area contributed by atoms with Gasteiger partial charge in [0.25, 0.3) is 5.56 Å². The van der Waals surface area contributed by atoms with Gasteiger partial charge in [-0.25, -0.2) is 4.68 Å². The lowest BCUT2D eigenvalue weighted by Gasteiger charge is -2.18. The zero-order valence-corrected chi connectivity index (χ0v) is 22.2. The molecule has 0 bridgehead atoms. The van der Waals surface area contributed by atoms with Crippen molar-refractivity contribution in [3.05, 3.63) is 93.8 Å². The molecular weight excluding hydrogens is 518 g/mol. The van der Waals surface area contributed by atoms with E-state index in [1.54, 1.807) is 36.8 Å². The van der Waals surface area contributed by atoms with Gasteiger partial charge in [-0.1, -0.05) is 24.4 Å². The predicted octanol–water partition coefficient (Wildman–Crippen LogP) is 4.01. The monoisotopic (exact) mass is 543 g/mol. The molecule has 198 valence electrons. The summed E-state index contributed by atoms with van der Waals surface area (Å²) in [5, 5.41) is 34.3. The standard InChI is InChI=1S/C27H26ClN9O2/c1-17(2)37-27(38)10-20(12-31-37)21-13-30-34(14-21)26(9-18-3-4-18)25-7-5-19(15-36(25)39)23-11-22(28)6-8-24(23)35-16-29-32-33-35/h5-8,10-18,26H,3-4,9H2,1-2H3. The molecule has 39 heavy (non-hydrogen) atoms. The third kappa shape index (κ3) is 5.05. The van der Waals surface area contributed by atoms with Gasteiger partial charge in [0.2, 0.25) is 5.69 Å². The third-order valence-corrected chi connectivity index (χ3v) is 7.21. The molecular formula is C27H26ClN9O2. The fourth-order valence-corrected chi connectivity index (χ4v) is 4.95. The molecule has 1 aliphatic carbocycles. The minimum absolute atomic E-state index is 0.0245. The number of hydrogen-bond acceptors (Lipinski definition) is 7. The van der Waals surface area contributed by atoms with Crippen LogP contribution in [0.2, 0.25) is 5.02 Å². The molecule has 0 N–H and O–H groups in total. The van der Waals surface area contributed by atoms with Crippen LogP contribution >= 0.6 is 11.6 Å². The van der Waals surface area contributed by atoms with Crippen molar-refractivity contribution in [3.8, 4) is 27.9 Å². The first-order chi connectivity index (χ1) is 18.9. The molecule has 12 heteroatoms. The molecule has 0 amide bonds. The van der Waals surface area contributed by atoms with Crippen LogP contribution in [0.15, 0.2) is 72.3 Å². The molecule has 1 saturated carbocycles. The van der Waals surface area contributed by atoms with Crippen molar-refractivity contribution in [2.24, 2.45) is 5.92 Å². The summed E-state index contributed by atoms with van der Waals surface area (Å²) in [6, 6.07) is 10.4. The minimum Gasteiger partial charge on any atom is -0.618 e. The van der Waals surface area contributed by atoms with E-state index in [-0.39, 0.29) is 17.6 Å². The molecule has 1 aromatic carbocycles. The van der Waals surface area contributed by atoms with E-state index in [0.717, 1.165) is 35.1 Å². The molecule has 0 saturated heterocycles. The molecule has 1 aliphatic rings. The van der Waals surface area contributed by atoms with E-state index >= 15 is 0 Å². The summed E-state index contributed by atoms with van der Waals surface area (Å²) in [6.45, 7) is 3.83. The smallest absolute Gasteiger partial charge is 0.267 e. The van der Waals surface area contributed by atoms with Crippen LogP contribution in [0.3, 0.4) is 0 Å². The number of nitrogens with zero attached hydrogens (tertiary/aromatic N) is 9. The average molecular weight is 544 g/mol. The summed E-state index contributed by atoms with van der Waals surface area (Å²) in [5.74, 6) is 0.540. The maximum Gasteiger partial charge on any atom is 0.267 e. The molecule has 4 aromatic heterocycles. The molecule has 1 unspecified atom stereocenters. The van der Waals surface area contributed by atoms with Crippen LogP contribution in [0.25, 0.3) is 27.9 Å². The maximum absolute atomic E-state index is 13.5. The van der Waals surface area contributed by atoms with Gasteiger partial charge in [-0.2, -0.15) is 19.6 Å². The van der Waals surface area contributed by atoms with Crippen LogP contribution in [-0.4, -0.2) is 39.8 Å². The van der Waals surface area contributed by atoms with Crippen LogP contribution < -0.4 is 10.3 Å². The summed E-state index contributed by atoms with van der Waals surface area (Å²) in [4.78, 5) is 12.5. The first kappa shape index (κ1) is 24.9. The summed E-state index contributed by atoms with van der Waals surface area (Å²) in [7, 11) is 0. The Kier molecular flexibility index (Phi) is 6.43. The Labute approximate surface area is 228 Å². The van der Waals surface area contributed by atoms with Crippen LogP contribution in [0, 0.1) is 11.1 Å². The van der Waals surface area contributed by atoms with Crippen LogP contribution in [-0.2, 0) is 0 Å². The molecule has 11 nitrogen and oxygen atoms in total. The molecule has 4 heterocycles. The van der Waals surface area contributed by atoms with Crippen LogP contribution in [0.5, 0.6) is 0 Å². The number of hydrogen-bond donors (Lipinski definition) is 0. The summed E-state index contributed by atoms with van der Waals surface area (Å²) in [5.41, 5.74) is 4.00. The van der Waals surface area contributed by atoms with Gasteiger partial charge in [-0.3, -0.25) is 9.48 Å². The fraction of sp³-hybridized carbons (Fsp3) is 0.296. The average Bonchev–Trinajstić information content (AvgIpc) is 3.35. The Bertz CT molecular complexity index is 1690. The Morgan fingerprint density at radius 2 is 1.90 bits per heavy atom. The van der Waals surface area contributed by atoms with E-state index in [0.29, 0.717) is 33.4 Å². The highest BCUT2D eigenvalue weighted by molar-refractivity contribution is 6.31. The Morgan fingerprint density at radius 3 is 2.59 bits per heavy atom. The zero-order valence-electron chi connectivity index (χ0n) is 21.4. The summed E-state index contributed by atoms with van der Waals surface area (Å²) < 4.78 is 5.69. The number of tetrazole rings is 1. The molecule has 1 atom stereocenters. The van der Waals surface area contributed by atoms with Gasteiger partial charge in [0.05, 0.1) is 24.1 Å². The molecule has 6 rings (SSSR count). The number of aromatic nitrogens is 9. The van der Waals surface area contributed by atoms with Crippen molar-refractivity contribution in [3.63, 3.8) is 0 Å². The van der Waals surface area contributed by atoms with E-state index in [2.05, 4.69) is 25.7 Å². The zero-order chi connectivity index (χ0) is 27.1. The lowest BCUT2D eigenvalue weighted by atomic mass is 10.0. The first-order valence-corrected chi connectivity index (χ1v) is 13.1. The van der Waals surface area contributed by atoms with Crippen LogP contribution in [0.4, 0.5) is 0 Å². The number of halogens is 1. The molecule has 0 spiro atoms. The first-order valence-electron chi connectivity index (χ1n) is 12.8. The van der Waals surface area contributed by atoms with Crippen molar-refractivity contribution in [2.75, 3.05) is 0 Å². The number of benzene rings is 1. The Hall–Kier alpha value is -4.38.